The molecule has 0 atom stereocenters. The Morgan fingerprint density at radius 3 is 2.50 bits per heavy atom. The van der Waals surface area contributed by atoms with Crippen molar-refractivity contribution in [2.75, 3.05) is 6.54 Å². The van der Waals surface area contributed by atoms with Gasteiger partial charge in [0.25, 0.3) is 0 Å². The Labute approximate surface area is 129 Å². The Morgan fingerprint density at radius 1 is 1.18 bits per heavy atom. The van der Waals surface area contributed by atoms with E-state index in [4.69, 9.17) is 10.00 Å². The second-order valence-corrected chi connectivity index (χ2v) is 5.27. The van der Waals surface area contributed by atoms with E-state index in [2.05, 4.69) is 10.6 Å². The van der Waals surface area contributed by atoms with Gasteiger partial charge in [-0.15, -0.1) is 0 Å². The molecule has 1 aliphatic carbocycles. The normalized spacial score (nSPS) is 20.5. The number of amides is 2. The van der Waals surface area contributed by atoms with E-state index >= 15 is 0 Å². The van der Waals surface area contributed by atoms with Gasteiger partial charge in [-0.25, -0.2) is 4.79 Å². The molecule has 0 bridgehead atoms. The quantitative estimate of drug-likeness (QED) is 0.832. The lowest BCUT2D eigenvalue weighted by molar-refractivity contribution is -0.125. The van der Waals surface area contributed by atoms with Crippen molar-refractivity contribution in [2.45, 2.75) is 31.7 Å². The molecular weight excluding hydrogens is 282 g/mol. The minimum Gasteiger partial charge on any atom is -0.410 e. The van der Waals surface area contributed by atoms with Crippen LogP contribution in [0.25, 0.3) is 0 Å². The molecule has 0 unspecified atom stereocenters. The second kappa shape index (κ2) is 8.03. The van der Waals surface area contributed by atoms with Gasteiger partial charge in [-0.05, 0) is 37.8 Å². The van der Waals surface area contributed by atoms with Gasteiger partial charge in [-0.3, -0.25) is 4.79 Å². The summed E-state index contributed by atoms with van der Waals surface area (Å²) in [5.41, 5.74) is 0. The molecule has 6 heteroatoms. The van der Waals surface area contributed by atoms with Gasteiger partial charge in [0.05, 0.1) is 6.07 Å². The molecule has 2 amide bonds. The Kier molecular flexibility index (Phi) is 5.78. The first-order chi connectivity index (χ1) is 10.7. The Bertz CT molecular complexity index is 546. The summed E-state index contributed by atoms with van der Waals surface area (Å²) in [7, 11) is 0. The molecule has 6 nitrogen and oxygen atoms in total. The van der Waals surface area contributed by atoms with Gasteiger partial charge in [0.15, 0.2) is 0 Å². The van der Waals surface area contributed by atoms with Gasteiger partial charge in [0, 0.05) is 12.0 Å². The van der Waals surface area contributed by atoms with E-state index in [1.165, 1.54) is 0 Å². The van der Waals surface area contributed by atoms with Gasteiger partial charge >= 0.3 is 6.09 Å². The van der Waals surface area contributed by atoms with Crippen molar-refractivity contribution < 1.29 is 14.3 Å². The van der Waals surface area contributed by atoms with Gasteiger partial charge in [-0.2, -0.15) is 5.26 Å². The Hall–Kier alpha value is -2.55. The van der Waals surface area contributed by atoms with Crippen LogP contribution in [-0.2, 0) is 4.79 Å². The van der Waals surface area contributed by atoms with Crippen molar-refractivity contribution in [3.05, 3.63) is 30.3 Å². The van der Waals surface area contributed by atoms with E-state index in [0.717, 1.165) is 12.8 Å². The SMILES string of the molecule is N#CCNC(=O)[C@H]1CC[C@H](NC(=O)Oc2ccccc2)CC1. The summed E-state index contributed by atoms with van der Waals surface area (Å²) in [6, 6.07) is 10.8. The highest BCUT2D eigenvalue weighted by molar-refractivity contribution is 5.79. The molecule has 1 aliphatic rings. The van der Waals surface area contributed by atoms with Crippen molar-refractivity contribution in [1.82, 2.24) is 10.6 Å². The third-order valence-electron chi connectivity index (χ3n) is 3.72. The number of hydrogen-bond acceptors (Lipinski definition) is 4. The lowest BCUT2D eigenvalue weighted by atomic mass is 9.85. The standard InChI is InChI=1S/C16H19N3O3/c17-10-11-18-15(20)12-6-8-13(9-7-12)19-16(21)22-14-4-2-1-3-5-14/h1-5,12-13H,6-9,11H2,(H,18,20)(H,19,21)/t12-,13-. The molecule has 0 radical (unpaired) electrons. The third kappa shape index (κ3) is 4.77. The summed E-state index contributed by atoms with van der Waals surface area (Å²) in [4.78, 5) is 23.5. The highest BCUT2D eigenvalue weighted by Crippen LogP contribution is 2.24. The molecule has 1 fully saturated rings. The Balaban J connectivity index is 1.72. The van der Waals surface area contributed by atoms with Crippen LogP contribution >= 0.6 is 0 Å². The maximum Gasteiger partial charge on any atom is 0.412 e. The van der Waals surface area contributed by atoms with Crippen LogP contribution in [0.1, 0.15) is 25.7 Å². The fourth-order valence-electron chi connectivity index (χ4n) is 2.56. The molecule has 0 saturated heterocycles. The molecule has 1 saturated carbocycles. The monoisotopic (exact) mass is 301 g/mol. The topological polar surface area (TPSA) is 91.2 Å². The molecule has 0 aliphatic heterocycles. The van der Waals surface area contributed by atoms with Gasteiger partial charge in [-0.1, -0.05) is 18.2 Å². The number of benzene rings is 1. The third-order valence-corrected chi connectivity index (χ3v) is 3.72. The smallest absolute Gasteiger partial charge is 0.410 e. The number of carbonyl (C=O) groups excluding carboxylic acids is 2. The lowest BCUT2D eigenvalue weighted by Crippen LogP contribution is -2.41. The van der Waals surface area contributed by atoms with Crippen molar-refractivity contribution in [3.63, 3.8) is 0 Å². The van der Waals surface area contributed by atoms with Crippen molar-refractivity contribution in [1.29, 1.82) is 5.26 Å². The first kappa shape index (κ1) is 15.8. The first-order valence-electron chi connectivity index (χ1n) is 7.37. The zero-order valence-electron chi connectivity index (χ0n) is 12.2. The van der Waals surface area contributed by atoms with Crippen LogP contribution < -0.4 is 15.4 Å². The summed E-state index contributed by atoms with van der Waals surface area (Å²) in [6.45, 7) is 0.0421. The van der Waals surface area contributed by atoms with E-state index in [-0.39, 0.29) is 24.4 Å². The number of nitriles is 1. The molecule has 22 heavy (non-hydrogen) atoms. The van der Waals surface area contributed by atoms with Gasteiger partial charge in [0.1, 0.15) is 12.3 Å². The summed E-state index contributed by atoms with van der Waals surface area (Å²) in [5.74, 6) is 0.355. The molecular formula is C16H19N3O3. The predicted octanol–water partition coefficient (Wildman–Crippen LogP) is 1.97. The van der Waals surface area contributed by atoms with Crippen LogP contribution in [0.2, 0.25) is 0 Å². The highest BCUT2D eigenvalue weighted by Gasteiger charge is 2.27. The van der Waals surface area contributed by atoms with Gasteiger partial charge in [0.2, 0.25) is 5.91 Å². The van der Waals surface area contributed by atoms with Crippen LogP contribution in [0, 0.1) is 17.2 Å². The van der Waals surface area contributed by atoms with Crippen LogP contribution in [0.15, 0.2) is 30.3 Å². The van der Waals surface area contributed by atoms with Crippen molar-refractivity contribution in [3.8, 4) is 11.8 Å². The number of nitrogens with zero attached hydrogens (tertiary/aromatic N) is 1. The fourth-order valence-corrected chi connectivity index (χ4v) is 2.56. The number of ether oxygens (including phenoxy) is 1. The van der Waals surface area contributed by atoms with Crippen LogP contribution in [-0.4, -0.2) is 24.6 Å². The predicted molar refractivity (Wildman–Crippen MR) is 80.0 cm³/mol. The maximum absolute atomic E-state index is 11.8. The van der Waals surface area contributed by atoms with Crippen LogP contribution in [0.3, 0.4) is 0 Å². The number of carbonyl (C=O) groups is 2. The lowest BCUT2D eigenvalue weighted by Gasteiger charge is -2.27. The highest BCUT2D eigenvalue weighted by atomic mass is 16.6. The van der Waals surface area contributed by atoms with Crippen LogP contribution in [0.5, 0.6) is 5.75 Å². The van der Waals surface area contributed by atoms with Crippen LogP contribution in [0.4, 0.5) is 4.79 Å². The molecule has 2 rings (SSSR count). The van der Waals surface area contributed by atoms with Gasteiger partial charge < -0.3 is 15.4 Å². The number of para-hydroxylation sites is 1. The fraction of sp³-hybridized carbons (Fsp3) is 0.438. The van der Waals surface area contributed by atoms with E-state index in [0.29, 0.717) is 18.6 Å². The number of rotatable bonds is 4. The molecule has 2 N–H and O–H groups in total. The van der Waals surface area contributed by atoms with E-state index in [9.17, 15) is 9.59 Å². The van der Waals surface area contributed by atoms with E-state index in [1.807, 2.05) is 12.1 Å². The average Bonchev–Trinajstić information content (AvgIpc) is 2.54. The summed E-state index contributed by atoms with van der Waals surface area (Å²) in [6.07, 6.45) is 2.40. The Morgan fingerprint density at radius 2 is 1.86 bits per heavy atom. The summed E-state index contributed by atoms with van der Waals surface area (Å²) in [5, 5.41) is 13.9. The van der Waals surface area contributed by atoms with Crippen molar-refractivity contribution in [2.24, 2.45) is 5.92 Å². The molecule has 0 heterocycles. The zero-order valence-corrected chi connectivity index (χ0v) is 12.2. The van der Waals surface area contributed by atoms with E-state index < -0.39 is 6.09 Å². The maximum atomic E-state index is 11.8. The average molecular weight is 301 g/mol. The minimum absolute atomic E-state index is 0.0243. The molecule has 1 aromatic rings. The largest absolute Gasteiger partial charge is 0.412 e. The van der Waals surface area contributed by atoms with Crippen molar-refractivity contribution >= 4 is 12.0 Å². The second-order valence-electron chi connectivity index (χ2n) is 5.27. The summed E-state index contributed by atoms with van der Waals surface area (Å²) < 4.78 is 5.18. The first-order valence-corrected chi connectivity index (χ1v) is 7.37. The zero-order chi connectivity index (χ0) is 15.8. The summed E-state index contributed by atoms with van der Waals surface area (Å²) >= 11 is 0. The number of hydrogen-bond donors (Lipinski definition) is 2. The molecule has 116 valence electrons. The molecule has 0 spiro atoms. The van der Waals surface area contributed by atoms with E-state index in [1.54, 1.807) is 24.3 Å². The number of nitrogens with one attached hydrogen (secondary N) is 2. The minimum atomic E-state index is -0.469. The molecule has 0 aromatic heterocycles. The molecule has 1 aromatic carbocycles.